The molecule has 0 radical (unpaired) electrons. The van der Waals surface area contributed by atoms with Gasteiger partial charge in [0.1, 0.15) is 5.82 Å². The zero-order valence-electron chi connectivity index (χ0n) is 18.6. The molecule has 31 heavy (non-hydrogen) atoms. The summed E-state index contributed by atoms with van der Waals surface area (Å²) in [6, 6.07) is 4.95. The molecule has 0 amide bonds. The second-order valence-electron chi connectivity index (χ2n) is 8.65. The average Bonchev–Trinajstić information content (AvgIpc) is 3.25. The van der Waals surface area contributed by atoms with Crippen molar-refractivity contribution in [1.29, 1.82) is 0 Å². The van der Waals surface area contributed by atoms with Crippen LogP contribution in [0.2, 0.25) is 5.02 Å². The molecular formula is C22H35ClFIN4O2. The molecule has 1 aromatic rings. The number of guanidine groups is 1. The number of rotatable bonds is 7. The van der Waals surface area contributed by atoms with E-state index in [1.807, 2.05) is 0 Å². The largest absolute Gasteiger partial charge is 0.381 e. The topological polar surface area (TPSA) is 58.1 Å². The van der Waals surface area contributed by atoms with Crippen molar-refractivity contribution < 1.29 is 13.9 Å². The van der Waals surface area contributed by atoms with Crippen molar-refractivity contribution in [2.75, 3.05) is 59.7 Å². The smallest absolute Gasteiger partial charge is 0.191 e. The average molecular weight is 569 g/mol. The Morgan fingerprint density at radius 2 is 2.00 bits per heavy atom. The molecule has 176 valence electrons. The molecule has 2 aliphatic rings. The van der Waals surface area contributed by atoms with Crippen LogP contribution in [0, 0.1) is 11.7 Å². The Kier molecular flexibility index (Phi) is 10.7. The van der Waals surface area contributed by atoms with Gasteiger partial charge in [0.25, 0.3) is 0 Å². The van der Waals surface area contributed by atoms with E-state index in [2.05, 4.69) is 34.4 Å². The third kappa shape index (κ3) is 7.42. The van der Waals surface area contributed by atoms with E-state index in [0.29, 0.717) is 23.5 Å². The van der Waals surface area contributed by atoms with E-state index in [1.54, 1.807) is 13.1 Å². The van der Waals surface area contributed by atoms with Gasteiger partial charge in [-0.25, -0.2) is 4.39 Å². The third-order valence-corrected chi connectivity index (χ3v) is 6.40. The van der Waals surface area contributed by atoms with Crippen LogP contribution in [0.4, 0.5) is 4.39 Å². The van der Waals surface area contributed by atoms with Crippen molar-refractivity contribution in [3.63, 3.8) is 0 Å². The number of nitrogens with zero attached hydrogens (tertiary/aromatic N) is 2. The van der Waals surface area contributed by atoms with Gasteiger partial charge in [0, 0.05) is 62.2 Å². The van der Waals surface area contributed by atoms with Gasteiger partial charge in [-0.1, -0.05) is 31.5 Å². The third-order valence-electron chi connectivity index (χ3n) is 6.08. The van der Waals surface area contributed by atoms with Crippen molar-refractivity contribution in [1.82, 2.24) is 15.5 Å². The Bertz CT molecular complexity index is 725. The standard InChI is InChI=1S/C22H34ClFN4O2.HI/c1-22(2,18-5-4-17(24)12-19(18)23)15-27-21(25-3)26-13-20(16-6-9-30-14-16)28-7-10-29-11-8-28;/h4-5,12,16,20H,6-11,13-15H2,1-3H3,(H2,25,26,27);1H. The summed E-state index contributed by atoms with van der Waals surface area (Å²) in [5.74, 6) is 0.941. The summed E-state index contributed by atoms with van der Waals surface area (Å²) in [6.45, 7) is 10.7. The Morgan fingerprint density at radius 1 is 1.26 bits per heavy atom. The molecule has 2 saturated heterocycles. The lowest BCUT2D eigenvalue weighted by atomic mass is 9.84. The second kappa shape index (κ2) is 12.5. The van der Waals surface area contributed by atoms with Crippen molar-refractivity contribution in [2.24, 2.45) is 10.9 Å². The van der Waals surface area contributed by atoms with Crippen LogP contribution in [0.15, 0.2) is 23.2 Å². The lowest BCUT2D eigenvalue weighted by molar-refractivity contribution is 0.00246. The number of morpholine rings is 1. The predicted octanol–water partition coefficient (Wildman–Crippen LogP) is 3.28. The summed E-state index contributed by atoms with van der Waals surface area (Å²) >= 11 is 6.28. The van der Waals surface area contributed by atoms with Crippen LogP contribution in [0.3, 0.4) is 0 Å². The minimum absolute atomic E-state index is 0. The lowest BCUT2D eigenvalue weighted by Crippen LogP contribution is -2.54. The van der Waals surface area contributed by atoms with E-state index in [-0.39, 0.29) is 35.2 Å². The maximum absolute atomic E-state index is 13.4. The van der Waals surface area contributed by atoms with Gasteiger partial charge >= 0.3 is 0 Å². The molecule has 0 spiro atoms. The van der Waals surface area contributed by atoms with Crippen molar-refractivity contribution in [3.8, 4) is 0 Å². The quantitative estimate of drug-likeness (QED) is 0.301. The van der Waals surface area contributed by atoms with Crippen LogP contribution >= 0.6 is 35.6 Å². The Hall–Kier alpha value is -0.680. The molecule has 3 rings (SSSR count). The Morgan fingerprint density at radius 3 is 2.61 bits per heavy atom. The molecule has 2 fully saturated rings. The maximum Gasteiger partial charge on any atom is 0.191 e. The van der Waals surface area contributed by atoms with Gasteiger partial charge in [-0.2, -0.15) is 0 Å². The highest BCUT2D eigenvalue weighted by molar-refractivity contribution is 14.0. The molecule has 2 N–H and O–H groups in total. The van der Waals surface area contributed by atoms with Crippen LogP contribution in [0.5, 0.6) is 0 Å². The number of hydrogen-bond acceptors (Lipinski definition) is 4. The van der Waals surface area contributed by atoms with Gasteiger partial charge in [-0.3, -0.25) is 9.89 Å². The lowest BCUT2D eigenvalue weighted by Gasteiger charge is -2.38. The molecular weight excluding hydrogens is 534 g/mol. The van der Waals surface area contributed by atoms with Crippen molar-refractivity contribution >= 4 is 41.5 Å². The Balaban J connectivity index is 0.00000341. The number of hydrogen-bond donors (Lipinski definition) is 2. The van der Waals surface area contributed by atoms with Gasteiger partial charge in [0.05, 0.1) is 19.8 Å². The fourth-order valence-corrected chi connectivity index (χ4v) is 4.64. The second-order valence-corrected chi connectivity index (χ2v) is 9.06. The van der Waals surface area contributed by atoms with Crippen molar-refractivity contribution in [3.05, 3.63) is 34.6 Å². The fraction of sp³-hybridized carbons (Fsp3) is 0.682. The number of ether oxygens (including phenoxy) is 2. The first-order valence-corrected chi connectivity index (χ1v) is 11.1. The molecule has 0 aromatic heterocycles. The molecule has 1 aromatic carbocycles. The van der Waals surface area contributed by atoms with Crippen LogP contribution in [-0.2, 0) is 14.9 Å². The fourth-order valence-electron chi connectivity index (χ4n) is 4.22. The number of benzene rings is 1. The first-order valence-electron chi connectivity index (χ1n) is 10.7. The normalized spacial score (nSPS) is 21.5. The summed E-state index contributed by atoms with van der Waals surface area (Å²) in [4.78, 5) is 6.90. The van der Waals surface area contributed by atoms with Gasteiger partial charge in [-0.05, 0) is 24.1 Å². The molecule has 2 aliphatic heterocycles. The molecule has 2 unspecified atom stereocenters. The van der Waals surface area contributed by atoms with Gasteiger partial charge in [-0.15, -0.1) is 24.0 Å². The van der Waals surface area contributed by atoms with Gasteiger partial charge in [0.2, 0.25) is 0 Å². The zero-order valence-corrected chi connectivity index (χ0v) is 21.7. The van der Waals surface area contributed by atoms with E-state index < -0.39 is 0 Å². The summed E-state index contributed by atoms with van der Waals surface area (Å²) in [6.07, 6.45) is 1.09. The van der Waals surface area contributed by atoms with Crippen LogP contribution in [0.1, 0.15) is 25.8 Å². The summed E-state index contributed by atoms with van der Waals surface area (Å²) < 4.78 is 24.6. The highest BCUT2D eigenvalue weighted by Crippen LogP contribution is 2.30. The zero-order chi connectivity index (χ0) is 21.6. The molecule has 0 bridgehead atoms. The summed E-state index contributed by atoms with van der Waals surface area (Å²) in [5.41, 5.74) is 0.619. The number of aliphatic imine (C=N–C) groups is 1. The summed E-state index contributed by atoms with van der Waals surface area (Å²) in [7, 11) is 1.77. The van der Waals surface area contributed by atoms with Crippen LogP contribution in [-0.4, -0.2) is 76.6 Å². The SMILES string of the molecule is CN=C(NCC(C1CCOC1)N1CCOCC1)NCC(C)(C)c1ccc(F)cc1Cl.I. The Labute approximate surface area is 207 Å². The minimum Gasteiger partial charge on any atom is -0.381 e. The first kappa shape index (κ1) is 26.6. The van der Waals surface area contributed by atoms with Gasteiger partial charge in [0.15, 0.2) is 5.96 Å². The molecule has 9 heteroatoms. The first-order chi connectivity index (χ1) is 14.4. The summed E-state index contributed by atoms with van der Waals surface area (Å²) in [5, 5.41) is 7.35. The monoisotopic (exact) mass is 568 g/mol. The van der Waals surface area contributed by atoms with Crippen molar-refractivity contribution in [2.45, 2.75) is 31.7 Å². The molecule has 2 atom stereocenters. The van der Waals surface area contributed by atoms with E-state index in [4.69, 9.17) is 21.1 Å². The predicted molar refractivity (Wildman–Crippen MR) is 134 cm³/mol. The van der Waals surface area contributed by atoms with Gasteiger partial charge < -0.3 is 20.1 Å². The maximum atomic E-state index is 13.4. The molecule has 0 saturated carbocycles. The van der Waals surface area contributed by atoms with Crippen LogP contribution < -0.4 is 10.6 Å². The number of nitrogens with one attached hydrogen (secondary N) is 2. The molecule has 6 nitrogen and oxygen atoms in total. The van der Waals surface area contributed by atoms with Crippen LogP contribution in [0.25, 0.3) is 0 Å². The van der Waals surface area contributed by atoms with E-state index in [9.17, 15) is 4.39 Å². The number of halogens is 3. The van der Waals surface area contributed by atoms with E-state index in [0.717, 1.165) is 64.0 Å². The van der Waals surface area contributed by atoms with E-state index in [1.165, 1.54) is 12.1 Å². The minimum atomic E-state index is -0.324. The highest BCUT2D eigenvalue weighted by atomic mass is 127. The molecule has 2 heterocycles. The highest BCUT2D eigenvalue weighted by Gasteiger charge is 2.32. The molecule has 0 aliphatic carbocycles. The van der Waals surface area contributed by atoms with E-state index >= 15 is 0 Å².